The monoisotopic (exact) mass is 215 g/mol. The molecule has 1 heterocycles. The minimum atomic E-state index is -0.141. The summed E-state index contributed by atoms with van der Waals surface area (Å²) in [5.41, 5.74) is 4.03. The van der Waals surface area contributed by atoms with Gasteiger partial charge in [-0.2, -0.15) is 0 Å². The van der Waals surface area contributed by atoms with E-state index in [0.717, 1.165) is 23.1 Å². The van der Waals surface area contributed by atoms with Crippen LogP contribution < -0.4 is 0 Å². The van der Waals surface area contributed by atoms with Crippen LogP contribution in [0.5, 0.6) is 0 Å². The zero-order chi connectivity index (χ0) is 12.1. The number of rotatable bonds is 5. The molecule has 1 aliphatic heterocycles. The van der Waals surface area contributed by atoms with Crippen LogP contribution in [0.1, 0.15) is 20.8 Å². The first-order valence-corrected chi connectivity index (χ1v) is 5.31. The molecule has 0 bridgehead atoms. The largest absolute Gasteiger partial charge is 0.303 e. The first-order valence-electron chi connectivity index (χ1n) is 5.31. The van der Waals surface area contributed by atoms with Crippen molar-refractivity contribution in [3.63, 3.8) is 0 Å². The number of nitrogens with zero attached hydrogens (tertiary/aromatic N) is 1. The van der Waals surface area contributed by atoms with Gasteiger partial charge >= 0.3 is 0 Å². The van der Waals surface area contributed by atoms with Crippen LogP contribution in [0.3, 0.4) is 0 Å². The lowest BCUT2D eigenvalue weighted by Crippen LogP contribution is -2.17. The van der Waals surface area contributed by atoms with Gasteiger partial charge in [0.05, 0.1) is 5.71 Å². The van der Waals surface area contributed by atoms with Crippen molar-refractivity contribution < 1.29 is 4.79 Å². The van der Waals surface area contributed by atoms with Gasteiger partial charge in [0.15, 0.2) is 0 Å². The normalized spacial score (nSPS) is 16.6. The van der Waals surface area contributed by atoms with E-state index in [4.69, 9.17) is 0 Å². The summed E-state index contributed by atoms with van der Waals surface area (Å²) in [6.07, 6.45) is 8.42. The van der Waals surface area contributed by atoms with Crippen molar-refractivity contribution in [1.29, 1.82) is 0 Å². The Hall–Kier alpha value is -1.70. The number of aldehydes is 1. The maximum Gasteiger partial charge on any atom is 0.127 e. The molecule has 0 radical (unpaired) electrons. The fraction of sp³-hybridized carbons (Fsp3) is 0.286. The Balaban J connectivity index is 2.98. The van der Waals surface area contributed by atoms with Crippen molar-refractivity contribution in [2.24, 2.45) is 10.9 Å². The molecule has 0 saturated carbocycles. The van der Waals surface area contributed by atoms with Crippen molar-refractivity contribution in [2.45, 2.75) is 20.8 Å². The molecule has 0 aromatic carbocycles. The zero-order valence-electron chi connectivity index (χ0n) is 10.0. The lowest BCUT2D eigenvalue weighted by atomic mass is 9.90. The number of allylic oxidation sites excluding steroid dienone is 6. The average Bonchev–Trinajstić information content (AvgIpc) is 2.21. The zero-order valence-corrected chi connectivity index (χ0v) is 10.0. The van der Waals surface area contributed by atoms with Gasteiger partial charge in [0, 0.05) is 17.7 Å². The van der Waals surface area contributed by atoms with E-state index in [0.29, 0.717) is 0 Å². The van der Waals surface area contributed by atoms with E-state index in [-0.39, 0.29) is 5.92 Å². The summed E-state index contributed by atoms with van der Waals surface area (Å²) in [6.45, 7) is 9.63. The van der Waals surface area contributed by atoms with Crippen LogP contribution in [0, 0.1) is 5.92 Å². The molecule has 0 aliphatic carbocycles. The number of aliphatic imine (C=N–C) groups is 1. The highest BCUT2D eigenvalue weighted by molar-refractivity contribution is 6.19. The summed E-state index contributed by atoms with van der Waals surface area (Å²) in [4.78, 5) is 15.1. The van der Waals surface area contributed by atoms with Gasteiger partial charge in [-0.3, -0.25) is 4.99 Å². The smallest absolute Gasteiger partial charge is 0.127 e. The molecular formula is C14H17NO. The Kier molecular flexibility index (Phi) is 4.18. The SMILES string of the molecule is C=CC1=CN=C1/C(=C/C=C(C)C)C(C)C=O. The third-order valence-corrected chi connectivity index (χ3v) is 2.39. The molecule has 0 N–H and O–H groups in total. The van der Waals surface area contributed by atoms with Gasteiger partial charge in [0.2, 0.25) is 0 Å². The second-order valence-corrected chi connectivity index (χ2v) is 4.06. The Bertz CT molecular complexity index is 418. The summed E-state index contributed by atoms with van der Waals surface area (Å²) in [5.74, 6) is -0.141. The molecule has 1 aliphatic rings. The molecule has 2 nitrogen and oxygen atoms in total. The Labute approximate surface area is 96.8 Å². The van der Waals surface area contributed by atoms with E-state index < -0.39 is 0 Å². The second-order valence-electron chi connectivity index (χ2n) is 4.06. The Morgan fingerprint density at radius 1 is 1.44 bits per heavy atom. The molecule has 0 spiro atoms. The van der Waals surface area contributed by atoms with Crippen molar-refractivity contribution >= 4 is 12.0 Å². The molecule has 84 valence electrons. The van der Waals surface area contributed by atoms with E-state index in [2.05, 4.69) is 11.6 Å². The lowest BCUT2D eigenvalue weighted by Gasteiger charge is -2.18. The van der Waals surface area contributed by atoms with Crippen LogP contribution in [-0.4, -0.2) is 12.0 Å². The molecule has 16 heavy (non-hydrogen) atoms. The van der Waals surface area contributed by atoms with Crippen molar-refractivity contribution in [1.82, 2.24) is 0 Å². The summed E-state index contributed by atoms with van der Waals surface area (Å²) < 4.78 is 0. The molecule has 0 fully saturated rings. The summed E-state index contributed by atoms with van der Waals surface area (Å²) in [6, 6.07) is 0. The van der Waals surface area contributed by atoms with E-state index in [9.17, 15) is 4.79 Å². The predicted molar refractivity (Wildman–Crippen MR) is 68.5 cm³/mol. The lowest BCUT2D eigenvalue weighted by molar-refractivity contribution is -0.109. The predicted octanol–water partition coefficient (Wildman–Crippen LogP) is 3.24. The third-order valence-electron chi connectivity index (χ3n) is 2.39. The molecule has 0 amide bonds. The highest BCUT2D eigenvalue weighted by atomic mass is 16.1. The molecule has 0 aromatic heterocycles. The van der Waals surface area contributed by atoms with Crippen LogP contribution in [0.2, 0.25) is 0 Å². The van der Waals surface area contributed by atoms with E-state index in [1.807, 2.05) is 32.9 Å². The average molecular weight is 215 g/mol. The number of carbonyl (C=O) groups excluding carboxylic acids is 1. The van der Waals surface area contributed by atoms with Crippen molar-refractivity contribution in [2.75, 3.05) is 0 Å². The first-order chi connectivity index (χ1) is 7.60. The van der Waals surface area contributed by atoms with E-state index in [1.165, 1.54) is 5.57 Å². The molecule has 0 saturated heterocycles. The first kappa shape index (κ1) is 12.4. The number of hydrogen-bond donors (Lipinski definition) is 0. The molecule has 2 heteroatoms. The number of hydrogen-bond acceptors (Lipinski definition) is 2. The molecule has 0 aromatic rings. The van der Waals surface area contributed by atoms with Gasteiger partial charge in [-0.05, 0) is 19.4 Å². The van der Waals surface area contributed by atoms with Gasteiger partial charge in [0.25, 0.3) is 0 Å². The minimum Gasteiger partial charge on any atom is -0.303 e. The maximum atomic E-state index is 10.9. The van der Waals surface area contributed by atoms with Crippen molar-refractivity contribution in [3.8, 4) is 0 Å². The fourth-order valence-corrected chi connectivity index (χ4v) is 1.37. The highest BCUT2D eigenvalue weighted by Crippen LogP contribution is 2.23. The van der Waals surface area contributed by atoms with Gasteiger partial charge in [-0.25, -0.2) is 0 Å². The van der Waals surface area contributed by atoms with Gasteiger partial charge < -0.3 is 4.79 Å². The van der Waals surface area contributed by atoms with E-state index in [1.54, 1.807) is 12.3 Å². The fourth-order valence-electron chi connectivity index (χ4n) is 1.37. The number of carbonyl (C=O) groups is 1. The molecule has 1 atom stereocenters. The van der Waals surface area contributed by atoms with Gasteiger partial charge in [-0.1, -0.05) is 37.3 Å². The Morgan fingerprint density at radius 2 is 2.12 bits per heavy atom. The topological polar surface area (TPSA) is 29.4 Å². The summed E-state index contributed by atoms with van der Waals surface area (Å²) in [5, 5.41) is 0. The minimum absolute atomic E-state index is 0.141. The van der Waals surface area contributed by atoms with Gasteiger partial charge in [0.1, 0.15) is 6.29 Å². The summed E-state index contributed by atoms with van der Waals surface area (Å²) in [7, 11) is 0. The molecular weight excluding hydrogens is 198 g/mol. The van der Waals surface area contributed by atoms with Crippen LogP contribution in [0.25, 0.3) is 0 Å². The molecule has 1 rings (SSSR count). The standard InChI is InChI=1S/C14H17NO/c1-5-12-8-15-14(12)13(11(4)9-16)7-6-10(2)3/h5-9,11H,1H2,2-4H3/b13-7+. The van der Waals surface area contributed by atoms with E-state index >= 15 is 0 Å². The van der Waals surface area contributed by atoms with Crippen LogP contribution >= 0.6 is 0 Å². The van der Waals surface area contributed by atoms with Gasteiger partial charge in [-0.15, -0.1) is 0 Å². The van der Waals surface area contributed by atoms with Crippen LogP contribution in [0.4, 0.5) is 0 Å². The summed E-state index contributed by atoms with van der Waals surface area (Å²) >= 11 is 0. The van der Waals surface area contributed by atoms with Crippen LogP contribution in [0.15, 0.2) is 52.7 Å². The Morgan fingerprint density at radius 3 is 2.50 bits per heavy atom. The van der Waals surface area contributed by atoms with Crippen LogP contribution in [-0.2, 0) is 4.79 Å². The highest BCUT2D eigenvalue weighted by Gasteiger charge is 2.19. The van der Waals surface area contributed by atoms with Crippen molar-refractivity contribution in [3.05, 3.63) is 47.7 Å². The third kappa shape index (κ3) is 2.66. The molecule has 1 unspecified atom stereocenters. The second kappa shape index (κ2) is 5.40. The maximum absolute atomic E-state index is 10.9. The quantitative estimate of drug-likeness (QED) is 0.511.